The van der Waals surface area contributed by atoms with Gasteiger partial charge in [0.2, 0.25) is 21.8 Å². The largest absolute Gasteiger partial charge is 0.354 e. The van der Waals surface area contributed by atoms with Gasteiger partial charge in [0.05, 0.1) is 11.9 Å². The molecule has 0 saturated heterocycles. The molecular formula is C32H40FN3O4S. The van der Waals surface area contributed by atoms with Gasteiger partial charge in [-0.15, -0.1) is 0 Å². The van der Waals surface area contributed by atoms with E-state index in [1.54, 1.807) is 24.3 Å². The van der Waals surface area contributed by atoms with Crippen molar-refractivity contribution in [1.82, 2.24) is 10.2 Å². The summed E-state index contributed by atoms with van der Waals surface area (Å²) >= 11 is 0. The SMILES string of the molecule is CCCNC(=O)[C@H](Cc1ccccc1)N(Cc1ccc(F)cc1)C(=O)CN(c1ccc(C(C)(C)C)cc1)S(C)(=O)=O. The van der Waals surface area contributed by atoms with E-state index in [4.69, 9.17) is 0 Å². The first-order valence-corrected chi connectivity index (χ1v) is 15.6. The number of halogens is 1. The van der Waals surface area contributed by atoms with Gasteiger partial charge in [-0.1, -0.05) is 82.3 Å². The summed E-state index contributed by atoms with van der Waals surface area (Å²) in [6.07, 6.45) is 1.99. The molecule has 0 bridgehead atoms. The number of carbonyl (C=O) groups excluding carboxylic acids is 2. The van der Waals surface area contributed by atoms with E-state index in [0.29, 0.717) is 24.2 Å². The summed E-state index contributed by atoms with van der Waals surface area (Å²) in [6, 6.07) is 21.2. The molecule has 0 aliphatic rings. The van der Waals surface area contributed by atoms with E-state index in [9.17, 15) is 22.4 Å². The zero-order valence-corrected chi connectivity index (χ0v) is 25.2. The molecule has 3 aromatic carbocycles. The molecule has 0 unspecified atom stereocenters. The highest BCUT2D eigenvalue weighted by Crippen LogP contribution is 2.26. The molecule has 0 radical (unpaired) electrons. The van der Waals surface area contributed by atoms with Crippen LogP contribution in [-0.4, -0.2) is 50.5 Å². The third-order valence-electron chi connectivity index (χ3n) is 6.79. The fraction of sp³-hybridized carbons (Fsp3) is 0.375. The smallest absolute Gasteiger partial charge is 0.244 e. The predicted molar refractivity (Wildman–Crippen MR) is 162 cm³/mol. The number of sulfonamides is 1. The molecule has 220 valence electrons. The van der Waals surface area contributed by atoms with Gasteiger partial charge in [-0.2, -0.15) is 0 Å². The Balaban J connectivity index is 2.03. The normalized spacial score (nSPS) is 12.4. The van der Waals surface area contributed by atoms with Gasteiger partial charge in [0, 0.05) is 19.5 Å². The predicted octanol–water partition coefficient (Wildman–Crippen LogP) is 5.06. The van der Waals surface area contributed by atoms with Crippen molar-refractivity contribution in [2.45, 2.75) is 58.5 Å². The van der Waals surface area contributed by atoms with Gasteiger partial charge in [-0.25, -0.2) is 12.8 Å². The second-order valence-electron chi connectivity index (χ2n) is 11.2. The minimum absolute atomic E-state index is 0.00325. The number of anilines is 1. The van der Waals surface area contributed by atoms with Crippen LogP contribution in [0.25, 0.3) is 0 Å². The van der Waals surface area contributed by atoms with Gasteiger partial charge in [-0.05, 0) is 52.8 Å². The fourth-order valence-electron chi connectivity index (χ4n) is 4.45. The number of hydrogen-bond acceptors (Lipinski definition) is 4. The first-order chi connectivity index (χ1) is 19.3. The lowest BCUT2D eigenvalue weighted by Gasteiger charge is -2.33. The van der Waals surface area contributed by atoms with Gasteiger partial charge >= 0.3 is 0 Å². The zero-order valence-electron chi connectivity index (χ0n) is 24.4. The van der Waals surface area contributed by atoms with Crippen LogP contribution < -0.4 is 9.62 Å². The Labute approximate surface area is 243 Å². The van der Waals surface area contributed by atoms with E-state index in [0.717, 1.165) is 21.7 Å². The highest BCUT2D eigenvalue weighted by Gasteiger charge is 2.33. The van der Waals surface area contributed by atoms with E-state index < -0.39 is 34.3 Å². The maximum absolute atomic E-state index is 14.0. The summed E-state index contributed by atoms with van der Waals surface area (Å²) in [5, 5.41) is 2.89. The van der Waals surface area contributed by atoms with Crippen LogP contribution in [0, 0.1) is 5.82 Å². The van der Waals surface area contributed by atoms with Crippen molar-refractivity contribution in [3.05, 3.63) is 101 Å². The van der Waals surface area contributed by atoms with Crippen LogP contribution in [0.15, 0.2) is 78.9 Å². The Bertz CT molecular complexity index is 1400. The molecule has 0 fully saturated rings. The quantitative estimate of drug-likeness (QED) is 0.324. The Morgan fingerprint density at radius 3 is 2.05 bits per heavy atom. The molecule has 1 atom stereocenters. The standard InChI is InChI=1S/C32H40FN3O4S/c1-6-20-34-31(38)29(21-24-10-8-7-9-11-24)35(22-25-12-16-27(33)17-13-25)30(37)23-36(41(5,39)40)28-18-14-26(15-19-28)32(2,3)4/h7-19,29H,6,20-23H2,1-5H3,(H,34,38)/t29-/m0/s1. The van der Waals surface area contributed by atoms with Crippen molar-refractivity contribution in [2.75, 3.05) is 23.7 Å². The zero-order chi connectivity index (χ0) is 30.2. The van der Waals surface area contributed by atoms with Crippen LogP contribution in [0.2, 0.25) is 0 Å². The molecule has 0 spiro atoms. The second-order valence-corrected chi connectivity index (χ2v) is 13.1. The number of amides is 2. The molecule has 0 heterocycles. The van der Waals surface area contributed by atoms with E-state index in [-0.39, 0.29) is 24.3 Å². The van der Waals surface area contributed by atoms with Crippen molar-refractivity contribution < 1.29 is 22.4 Å². The van der Waals surface area contributed by atoms with Crippen LogP contribution in [0.4, 0.5) is 10.1 Å². The topological polar surface area (TPSA) is 86.8 Å². The summed E-state index contributed by atoms with van der Waals surface area (Å²) < 4.78 is 40.6. The van der Waals surface area contributed by atoms with E-state index in [1.165, 1.54) is 17.0 Å². The van der Waals surface area contributed by atoms with Crippen molar-refractivity contribution in [1.29, 1.82) is 0 Å². The van der Waals surface area contributed by atoms with Gasteiger partial charge < -0.3 is 10.2 Å². The number of nitrogens with one attached hydrogen (secondary N) is 1. The number of benzene rings is 3. The third-order valence-corrected chi connectivity index (χ3v) is 7.93. The average Bonchev–Trinajstić information content (AvgIpc) is 2.92. The summed E-state index contributed by atoms with van der Waals surface area (Å²) in [4.78, 5) is 28.9. The molecule has 9 heteroatoms. The average molecular weight is 582 g/mol. The van der Waals surface area contributed by atoms with Crippen LogP contribution in [-0.2, 0) is 38.0 Å². The van der Waals surface area contributed by atoms with Gasteiger partial charge in [0.25, 0.3) is 0 Å². The molecule has 7 nitrogen and oxygen atoms in total. The maximum atomic E-state index is 14.0. The van der Waals surface area contributed by atoms with E-state index >= 15 is 0 Å². The summed E-state index contributed by atoms with van der Waals surface area (Å²) in [5.74, 6) is -1.31. The van der Waals surface area contributed by atoms with Crippen molar-refractivity contribution in [3.63, 3.8) is 0 Å². The van der Waals surface area contributed by atoms with Gasteiger partial charge in [0.1, 0.15) is 18.4 Å². The first kappa shape index (κ1) is 31.8. The second kappa shape index (κ2) is 13.8. The summed E-state index contributed by atoms with van der Waals surface area (Å²) in [6.45, 7) is 8.04. The van der Waals surface area contributed by atoms with Gasteiger partial charge in [0.15, 0.2) is 0 Å². The van der Waals surface area contributed by atoms with Crippen LogP contribution >= 0.6 is 0 Å². The molecular weight excluding hydrogens is 541 g/mol. The number of hydrogen-bond donors (Lipinski definition) is 1. The Morgan fingerprint density at radius 1 is 0.902 bits per heavy atom. The Morgan fingerprint density at radius 2 is 1.51 bits per heavy atom. The lowest BCUT2D eigenvalue weighted by atomic mass is 9.87. The number of carbonyl (C=O) groups is 2. The number of rotatable bonds is 12. The molecule has 0 aliphatic heterocycles. The Hall–Kier alpha value is -3.72. The first-order valence-electron chi connectivity index (χ1n) is 13.7. The fourth-order valence-corrected chi connectivity index (χ4v) is 5.30. The van der Waals surface area contributed by atoms with Crippen molar-refractivity contribution in [3.8, 4) is 0 Å². The lowest BCUT2D eigenvalue weighted by molar-refractivity contribution is -0.140. The molecule has 1 N–H and O–H groups in total. The molecule has 2 amide bonds. The monoisotopic (exact) mass is 581 g/mol. The molecule has 3 aromatic rings. The highest BCUT2D eigenvalue weighted by molar-refractivity contribution is 7.92. The lowest BCUT2D eigenvalue weighted by Crippen LogP contribution is -2.53. The molecule has 41 heavy (non-hydrogen) atoms. The van der Waals surface area contributed by atoms with E-state index in [1.807, 2.05) is 49.4 Å². The molecule has 3 rings (SSSR count). The van der Waals surface area contributed by atoms with Crippen LogP contribution in [0.3, 0.4) is 0 Å². The highest BCUT2D eigenvalue weighted by atomic mass is 32.2. The van der Waals surface area contributed by atoms with Crippen LogP contribution in [0.5, 0.6) is 0 Å². The third kappa shape index (κ3) is 9.14. The molecule has 0 saturated carbocycles. The van der Waals surface area contributed by atoms with Gasteiger partial charge in [-0.3, -0.25) is 13.9 Å². The van der Waals surface area contributed by atoms with Crippen molar-refractivity contribution in [2.24, 2.45) is 0 Å². The Kier molecular flexibility index (Phi) is 10.7. The maximum Gasteiger partial charge on any atom is 0.244 e. The van der Waals surface area contributed by atoms with Crippen molar-refractivity contribution >= 4 is 27.5 Å². The number of nitrogens with zero attached hydrogens (tertiary/aromatic N) is 2. The molecule has 0 aliphatic carbocycles. The molecule has 0 aromatic heterocycles. The summed E-state index contributed by atoms with van der Waals surface area (Å²) in [7, 11) is -3.86. The minimum Gasteiger partial charge on any atom is -0.354 e. The minimum atomic E-state index is -3.86. The summed E-state index contributed by atoms with van der Waals surface area (Å²) in [5.41, 5.74) is 2.70. The van der Waals surface area contributed by atoms with Crippen LogP contribution in [0.1, 0.15) is 50.8 Å². The van der Waals surface area contributed by atoms with E-state index in [2.05, 4.69) is 26.1 Å².